The van der Waals surface area contributed by atoms with Crippen molar-refractivity contribution in [2.24, 2.45) is 0 Å². The first-order chi connectivity index (χ1) is 18.3. The molecule has 0 saturated heterocycles. The van der Waals surface area contributed by atoms with E-state index in [9.17, 15) is 0 Å². The molecule has 0 N–H and O–H groups in total. The average Bonchev–Trinajstić information content (AvgIpc) is 3.66. The third kappa shape index (κ3) is 4.77. The minimum atomic E-state index is -0.447. The molecule has 0 amide bonds. The van der Waals surface area contributed by atoms with Crippen molar-refractivity contribution in [3.63, 3.8) is 0 Å². The van der Waals surface area contributed by atoms with Crippen LogP contribution in [0, 0.1) is 12.1 Å². The van der Waals surface area contributed by atoms with Crippen molar-refractivity contribution >= 4 is 21.9 Å². The number of hydrogen-bond acceptors (Lipinski definition) is 4. The molecule has 2 aromatic carbocycles. The number of hydrogen-bond donors (Lipinski definition) is 0. The maximum atomic E-state index is 6.29. The van der Waals surface area contributed by atoms with Crippen molar-refractivity contribution in [1.82, 2.24) is 19.6 Å². The van der Waals surface area contributed by atoms with Crippen molar-refractivity contribution in [3.05, 3.63) is 96.0 Å². The van der Waals surface area contributed by atoms with E-state index in [1.807, 2.05) is 58.2 Å². The molecule has 0 unspecified atom stereocenters. The van der Waals surface area contributed by atoms with Gasteiger partial charge in [-0.25, -0.2) is 0 Å². The van der Waals surface area contributed by atoms with E-state index in [1.165, 1.54) is 0 Å². The molecule has 0 bridgehead atoms. The summed E-state index contributed by atoms with van der Waals surface area (Å²) in [4.78, 5) is 0. The summed E-state index contributed by atoms with van der Waals surface area (Å²) in [5.74, 6) is 1.88. The van der Waals surface area contributed by atoms with Crippen LogP contribution in [0.5, 0.6) is 0 Å². The van der Waals surface area contributed by atoms with E-state index >= 15 is 0 Å². The molecule has 0 aliphatic rings. The van der Waals surface area contributed by atoms with E-state index in [0.717, 1.165) is 56.2 Å². The number of aromatic nitrogens is 4. The van der Waals surface area contributed by atoms with Gasteiger partial charge in [-0.05, 0) is 49.5 Å². The largest absolute Gasteiger partial charge is 2.00 e. The van der Waals surface area contributed by atoms with Crippen LogP contribution in [0.1, 0.15) is 78.3 Å². The van der Waals surface area contributed by atoms with Gasteiger partial charge < -0.3 is 8.83 Å². The fourth-order valence-electron chi connectivity index (χ4n) is 4.75. The van der Waals surface area contributed by atoms with Crippen LogP contribution >= 0.6 is 0 Å². The number of rotatable bonds is 4. The van der Waals surface area contributed by atoms with E-state index in [1.54, 1.807) is 0 Å². The summed E-state index contributed by atoms with van der Waals surface area (Å²) in [6.07, 6.45) is 3.92. The van der Waals surface area contributed by atoms with E-state index < -0.39 is 5.41 Å². The van der Waals surface area contributed by atoms with E-state index in [-0.39, 0.29) is 31.9 Å². The molecular formula is C33H34N4O2Pt. The van der Waals surface area contributed by atoms with Gasteiger partial charge in [0.1, 0.15) is 0 Å². The van der Waals surface area contributed by atoms with Gasteiger partial charge in [0.05, 0.1) is 28.3 Å². The van der Waals surface area contributed by atoms with Crippen LogP contribution in [0.2, 0.25) is 0 Å². The van der Waals surface area contributed by atoms with E-state index in [0.29, 0.717) is 0 Å². The fraction of sp³-hybridized carbons (Fsp3) is 0.333. The third-order valence-corrected chi connectivity index (χ3v) is 7.31. The van der Waals surface area contributed by atoms with Gasteiger partial charge in [-0.3, -0.25) is 9.36 Å². The summed E-state index contributed by atoms with van der Waals surface area (Å²) in [7, 11) is 0. The Morgan fingerprint density at radius 3 is 1.40 bits per heavy atom. The molecule has 6 nitrogen and oxygen atoms in total. The fourth-order valence-corrected chi connectivity index (χ4v) is 4.75. The van der Waals surface area contributed by atoms with Gasteiger partial charge in [-0.1, -0.05) is 52.3 Å². The molecule has 0 aliphatic heterocycles. The zero-order valence-electron chi connectivity index (χ0n) is 24.2. The molecule has 0 fully saturated rings. The normalized spacial score (nSPS) is 12.8. The van der Waals surface area contributed by atoms with Gasteiger partial charge in [-0.15, -0.1) is 0 Å². The predicted molar refractivity (Wildman–Crippen MR) is 154 cm³/mol. The molecule has 7 heteroatoms. The van der Waals surface area contributed by atoms with Gasteiger partial charge >= 0.3 is 21.1 Å². The van der Waals surface area contributed by atoms with Crippen LogP contribution in [0.25, 0.3) is 33.3 Å². The van der Waals surface area contributed by atoms with E-state index in [4.69, 9.17) is 19.0 Å². The Labute approximate surface area is 249 Å². The van der Waals surface area contributed by atoms with Crippen molar-refractivity contribution in [3.8, 4) is 11.4 Å². The smallest absolute Gasteiger partial charge is 0.517 e. The molecular weight excluding hydrogens is 679 g/mol. The molecule has 4 aromatic heterocycles. The quantitative estimate of drug-likeness (QED) is 0.174. The topological polar surface area (TPSA) is 61.9 Å². The Hall–Kier alpha value is -3.37. The van der Waals surface area contributed by atoms with Crippen LogP contribution in [-0.4, -0.2) is 19.6 Å². The van der Waals surface area contributed by atoms with Crippen molar-refractivity contribution < 1.29 is 29.9 Å². The summed E-state index contributed by atoms with van der Waals surface area (Å²) in [6, 6.07) is 22.8. The molecule has 6 aromatic rings. The Kier molecular flexibility index (Phi) is 6.78. The van der Waals surface area contributed by atoms with Crippen LogP contribution in [0.4, 0.5) is 0 Å². The SMILES string of the molecule is CC(C)(C)c1cc2cc[c-]c(-n3ccc(C(C)(C)c4ccn(-c5[c-]ccc6cc(C(C)(C)C)oc56)n4)n3)c2o1.[Pt+2]. The molecule has 6 rings (SSSR count). The van der Waals surface area contributed by atoms with Crippen LogP contribution in [0.3, 0.4) is 0 Å². The predicted octanol–water partition coefficient (Wildman–Crippen LogP) is 8.07. The molecule has 0 spiro atoms. The molecule has 4 heterocycles. The number of benzene rings is 2. The molecule has 208 valence electrons. The zero-order valence-corrected chi connectivity index (χ0v) is 26.5. The molecule has 40 heavy (non-hydrogen) atoms. The number of furan rings is 2. The maximum absolute atomic E-state index is 6.29. The van der Waals surface area contributed by atoms with Crippen LogP contribution < -0.4 is 0 Å². The van der Waals surface area contributed by atoms with Crippen LogP contribution in [0.15, 0.2) is 69.8 Å². The Morgan fingerprint density at radius 1 is 0.625 bits per heavy atom. The van der Waals surface area contributed by atoms with Gasteiger partial charge in [-0.2, -0.15) is 46.6 Å². The maximum Gasteiger partial charge on any atom is 2.00 e. The Bertz CT molecular complexity index is 1690. The minimum Gasteiger partial charge on any atom is -0.517 e. The monoisotopic (exact) mass is 713 g/mol. The first kappa shape index (κ1) is 28.2. The molecule has 0 atom stereocenters. The second-order valence-electron chi connectivity index (χ2n) is 12.9. The standard InChI is InChI=1S/C33H34N4O2.Pt/c1-31(2,3)27-19-21-11-9-13-23(29(21)38-27)36-17-15-25(34-36)33(7,8)26-16-18-37(35-26)24-14-10-12-22-20-28(32(4,5)6)39-30(22)24;/h9-12,15-20H,1-8H3;/q-2;+2. The van der Waals surface area contributed by atoms with Gasteiger partial charge in [0.2, 0.25) is 0 Å². The second kappa shape index (κ2) is 9.62. The number of fused-ring (bicyclic) bond motifs is 2. The average molecular weight is 714 g/mol. The molecule has 0 aliphatic carbocycles. The summed E-state index contributed by atoms with van der Waals surface area (Å²) >= 11 is 0. The van der Waals surface area contributed by atoms with Crippen molar-refractivity contribution in [1.29, 1.82) is 0 Å². The van der Waals surface area contributed by atoms with Crippen molar-refractivity contribution in [2.45, 2.75) is 71.6 Å². The van der Waals surface area contributed by atoms with Gasteiger partial charge in [0.15, 0.2) is 0 Å². The first-order valence-electron chi connectivity index (χ1n) is 13.3. The summed E-state index contributed by atoms with van der Waals surface area (Å²) in [5.41, 5.74) is 4.35. The summed E-state index contributed by atoms with van der Waals surface area (Å²) in [5, 5.41) is 12.0. The second-order valence-corrected chi connectivity index (χ2v) is 12.9. The summed E-state index contributed by atoms with van der Waals surface area (Å²) < 4.78 is 16.3. The summed E-state index contributed by atoms with van der Waals surface area (Å²) in [6.45, 7) is 17.2. The number of nitrogens with zero attached hydrogens (tertiary/aromatic N) is 4. The Balaban J connectivity index is 0.00000323. The van der Waals surface area contributed by atoms with Gasteiger partial charge in [0, 0.05) is 34.4 Å². The molecule has 0 radical (unpaired) electrons. The Morgan fingerprint density at radius 2 is 1.02 bits per heavy atom. The third-order valence-electron chi connectivity index (χ3n) is 7.31. The first-order valence-corrected chi connectivity index (χ1v) is 13.3. The van der Waals surface area contributed by atoms with E-state index in [2.05, 4.69) is 79.7 Å². The zero-order chi connectivity index (χ0) is 27.7. The van der Waals surface area contributed by atoms with Crippen LogP contribution in [-0.2, 0) is 37.3 Å². The van der Waals surface area contributed by atoms with Crippen molar-refractivity contribution in [2.75, 3.05) is 0 Å². The molecule has 0 saturated carbocycles. The minimum absolute atomic E-state index is 0. The van der Waals surface area contributed by atoms with Gasteiger partial charge in [0.25, 0.3) is 0 Å².